The molecule has 0 saturated carbocycles. The van der Waals surface area contributed by atoms with Gasteiger partial charge in [-0.15, -0.1) is 0 Å². The van der Waals surface area contributed by atoms with Gasteiger partial charge < -0.3 is 15.4 Å². The molecule has 128 valence electrons. The van der Waals surface area contributed by atoms with Crippen LogP contribution in [0.3, 0.4) is 0 Å². The lowest BCUT2D eigenvalue weighted by Gasteiger charge is -2.13. The predicted molar refractivity (Wildman–Crippen MR) is 93.6 cm³/mol. The normalized spacial score (nSPS) is 11.2. The lowest BCUT2D eigenvalue weighted by molar-refractivity contribution is 0.326. The van der Waals surface area contributed by atoms with E-state index in [1.807, 2.05) is 25.1 Å². The van der Waals surface area contributed by atoms with Crippen LogP contribution in [0.5, 0.6) is 5.88 Å². The minimum atomic E-state index is -0.197. The van der Waals surface area contributed by atoms with Gasteiger partial charge in [0, 0.05) is 32.4 Å². The van der Waals surface area contributed by atoms with Gasteiger partial charge in [-0.05, 0) is 42.7 Å². The van der Waals surface area contributed by atoms with Gasteiger partial charge in [-0.3, -0.25) is 4.99 Å². The van der Waals surface area contributed by atoms with Gasteiger partial charge in [-0.25, -0.2) is 9.37 Å². The van der Waals surface area contributed by atoms with E-state index >= 15 is 0 Å². The highest BCUT2D eigenvalue weighted by Crippen LogP contribution is 2.10. The van der Waals surface area contributed by atoms with Crippen molar-refractivity contribution in [1.82, 2.24) is 15.6 Å². The van der Waals surface area contributed by atoms with Gasteiger partial charge in [0.2, 0.25) is 5.88 Å². The van der Waals surface area contributed by atoms with Crippen LogP contribution in [-0.2, 0) is 13.1 Å². The van der Waals surface area contributed by atoms with Crippen LogP contribution in [0.15, 0.2) is 41.5 Å². The summed E-state index contributed by atoms with van der Waals surface area (Å²) in [6.07, 6.45) is 1.72. The summed E-state index contributed by atoms with van der Waals surface area (Å²) in [5.41, 5.74) is 2.55. The van der Waals surface area contributed by atoms with Gasteiger partial charge >= 0.3 is 0 Å². The zero-order valence-corrected chi connectivity index (χ0v) is 14.3. The van der Waals surface area contributed by atoms with Gasteiger partial charge in [0.05, 0.1) is 6.61 Å². The SMILES string of the molecule is CCOc1cc(CNC(=NC)NCc2ccc(C)c(F)c2)ccn1. The van der Waals surface area contributed by atoms with E-state index in [0.29, 0.717) is 37.1 Å². The molecular weight excluding hydrogens is 307 g/mol. The third kappa shape index (κ3) is 5.22. The van der Waals surface area contributed by atoms with Crippen molar-refractivity contribution in [2.24, 2.45) is 4.99 Å². The van der Waals surface area contributed by atoms with Crippen molar-refractivity contribution in [2.45, 2.75) is 26.9 Å². The number of aryl methyl sites for hydroxylation is 1. The van der Waals surface area contributed by atoms with Crippen molar-refractivity contribution in [1.29, 1.82) is 0 Å². The maximum atomic E-state index is 13.6. The largest absolute Gasteiger partial charge is 0.478 e. The molecule has 0 aliphatic heterocycles. The molecule has 6 heteroatoms. The molecule has 2 aromatic rings. The van der Waals surface area contributed by atoms with E-state index in [0.717, 1.165) is 11.1 Å². The zero-order chi connectivity index (χ0) is 17.4. The fraction of sp³-hybridized carbons (Fsp3) is 0.333. The topological polar surface area (TPSA) is 58.5 Å². The second-order valence-corrected chi connectivity index (χ2v) is 5.30. The van der Waals surface area contributed by atoms with Crippen molar-refractivity contribution >= 4 is 5.96 Å². The number of aromatic nitrogens is 1. The number of aliphatic imine (C=N–C) groups is 1. The number of nitrogens with zero attached hydrogens (tertiary/aromatic N) is 2. The summed E-state index contributed by atoms with van der Waals surface area (Å²) in [4.78, 5) is 8.31. The highest BCUT2D eigenvalue weighted by atomic mass is 19.1. The summed E-state index contributed by atoms with van der Waals surface area (Å²) in [5.74, 6) is 1.05. The number of ether oxygens (including phenoxy) is 1. The van der Waals surface area contributed by atoms with Gasteiger partial charge in [0.1, 0.15) is 5.82 Å². The molecule has 1 aromatic carbocycles. The summed E-state index contributed by atoms with van der Waals surface area (Å²) in [5, 5.41) is 6.38. The van der Waals surface area contributed by atoms with Gasteiger partial charge in [-0.2, -0.15) is 0 Å². The van der Waals surface area contributed by atoms with E-state index in [1.54, 1.807) is 26.2 Å². The Morgan fingerprint density at radius 1 is 1.17 bits per heavy atom. The average Bonchev–Trinajstić information content (AvgIpc) is 2.59. The quantitative estimate of drug-likeness (QED) is 0.632. The fourth-order valence-corrected chi connectivity index (χ4v) is 2.13. The van der Waals surface area contributed by atoms with Crippen LogP contribution in [0.2, 0.25) is 0 Å². The number of hydrogen-bond acceptors (Lipinski definition) is 3. The number of benzene rings is 1. The first kappa shape index (κ1) is 17.7. The second-order valence-electron chi connectivity index (χ2n) is 5.30. The predicted octanol–water partition coefficient (Wildman–Crippen LogP) is 2.79. The van der Waals surface area contributed by atoms with Gasteiger partial charge in [-0.1, -0.05) is 12.1 Å². The molecule has 0 fully saturated rings. The van der Waals surface area contributed by atoms with Crippen LogP contribution in [0, 0.1) is 12.7 Å². The molecule has 1 heterocycles. The Labute approximate surface area is 142 Å². The molecule has 0 amide bonds. The van der Waals surface area contributed by atoms with Crippen LogP contribution in [-0.4, -0.2) is 24.6 Å². The van der Waals surface area contributed by atoms with Crippen molar-refractivity contribution in [3.8, 4) is 5.88 Å². The van der Waals surface area contributed by atoms with Crippen molar-refractivity contribution < 1.29 is 9.13 Å². The van der Waals surface area contributed by atoms with Crippen molar-refractivity contribution in [3.05, 3.63) is 59.0 Å². The number of nitrogens with one attached hydrogen (secondary N) is 2. The lowest BCUT2D eigenvalue weighted by atomic mass is 10.1. The molecule has 2 rings (SSSR count). The highest BCUT2D eigenvalue weighted by Gasteiger charge is 2.03. The van der Waals surface area contributed by atoms with E-state index in [9.17, 15) is 4.39 Å². The standard InChI is InChI=1S/C18H23FN4O/c1-4-24-17-10-15(7-8-21-17)12-23-18(20-3)22-11-14-6-5-13(2)16(19)9-14/h5-10H,4,11-12H2,1-3H3,(H2,20,22,23). The van der Waals surface area contributed by atoms with Crippen LogP contribution in [0.4, 0.5) is 4.39 Å². The molecule has 2 N–H and O–H groups in total. The van der Waals surface area contributed by atoms with Crippen LogP contribution < -0.4 is 15.4 Å². The third-order valence-corrected chi connectivity index (χ3v) is 3.47. The second kappa shape index (κ2) is 8.86. The molecular formula is C18H23FN4O. The number of hydrogen-bond donors (Lipinski definition) is 2. The number of rotatable bonds is 6. The Morgan fingerprint density at radius 2 is 1.88 bits per heavy atom. The summed E-state index contributed by atoms with van der Waals surface area (Å²) < 4.78 is 18.9. The Hall–Kier alpha value is -2.63. The summed E-state index contributed by atoms with van der Waals surface area (Å²) in [6, 6.07) is 9.01. The number of halogens is 1. The minimum absolute atomic E-state index is 0.197. The first-order valence-electron chi connectivity index (χ1n) is 7.89. The molecule has 1 aromatic heterocycles. The zero-order valence-electron chi connectivity index (χ0n) is 14.3. The molecule has 0 aliphatic rings. The Morgan fingerprint density at radius 3 is 2.50 bits per heavy atom. The van der Waals surface area contributed by atoms with E-state index in [4.69, 9.17) is 4.74 Å². The minimum Gasteiger partial charge on any atom is -0.478 e. The van der Waals surface area contributed by atoms with E-state index < -0.39 is 0 Å². The van der Waals surface area contributed by atoms with Crippen molar-refractivity contribution in [3.63, 3.8) is 0 Å². The summed E-state index contributed by atoms with van der Waals surface area (Å²) in [6.45, 7) is 5.34. The van der Waals surface area contributed by atoms with E-state index in [2.05, 4.69) is 20.6 Å². The Kier molecular flexibility index (Phi) is 6.54. The third-order valence-electron chi connectivity index (χ3n) is 3.47. The Bertz CT molecular complexity index is 703. The summed E-state index contributed by atoms with van der Waals surface area (Å²) >= 11 is 0. The number of guanidine groups is 1. The lowest BCUT2D eigenvalue weighted by Crippen LogP contribution is -2.36. The molecule has 0 atom stereocenters. The molecule has 0 spiro atoms. The fourth-order valence-electron chi connectivity index (χ4n) is 2.13. The van der Waals surface area contributed by atoms with E-state index in [1.165, 1.54) is 6.07 Å². The highest BCUT2D eigenvalue weighted by molar-refractivity contribution is 5.79. The Balaban J connectivity index is 1.88. The number of pyridine rings is 1. The van der Waals surface area contributed by atoms with Gasteiger partial charge in [0.15, 0.2) is 5.96 Å². The summed E-state index contributed by atoms with van der Waals surface area (Å²) in [7, 11) is 1.70. The molecule has 0 bridgehead atoms. The molecule has 24 heavy (non-hydrogen) atoms. The molecule has 0 unspecified atom stereocenters. The molecule has 5 nitrogen and oxygen atoms in total. The average molecular weight is 330 g/mol. The molecule has 0 saturated heterocycles. The smallest absolute Gasteiger partial charge is 0.213 e. The van der Waals surface area contributed by atoms with Crippen LogP contribution in [0.25, 0.3) is 0 Å². The molecule has 0 radical (unpaired) electrons. The van der Waals surface area contributed by atoms with Gasteiger partial charge in [0.25, 0.3) is 0 Å². The molecule has 0 aliphatic carbocycles. The van der Waals surface area contributed by atoms with E-state index in [-0.39, 0.29) is 5.82 Å². The van der Waals surface area contributed by atoms with Crippen molar-refractivity contribution in [2.75, 3.05) is 13.7 Å². The maximum Gasteiger partial charge on any atom is 0.213 e. The first-order valence-corrected chi connectivity index (χ1v) is 7.89. The first-order chi connectivity index (χ1) is 11.6. The van der Waals surface area contributed by atoms with Crippen LogP contribution in [0.1, 0.15) is 23.6 Å². The maximum absolute atomic E-state index is 13.6. The van der Waals surface area contributed by atoms with Crippen LogP contribution >= 0.6 is 0 Å². The monoisotopic (exact) mass is 330 g/mol.